The van der Waals surface area contributed by atoms with Gasteiger partial charge in [-0.15, -0.1) is 0 Å². The highest BCUT2D eigenvalue weighted by Crippen LogP contribution is 2.39. The molecule has 3 aromatic carbocycles. The first-order valence-corrected chi connectivity index (χ1v) is 11.2. The number of fused-ring (bicyclic) bond motifs is 1. The molecule has 0 aliphatic carbocycles. The molecule has 1 aliphatic rings. The number of aromatic amines is 1. The van der Waals surface area contributed by atoms with Gasteiger partial charge in [-0.3, -0.25) is 9.59 Å². The monoisotopic (exact) mass is 475 g/mol. The molecule has 0 saturated carbocycles. The number of halogens is 2. The zero-order valence-corrected chi connectivity index (χ0v) is 19.2. The second-order valence-electron chi connectivity index (χ2n) is 7.91. The average molecular weight is 476 g/mol. The number of benzene rings is 3. The predicted octanol–water partition coefficient (Wildman–Crippen LogP) is 6.20. The summed E-state index contributed by atoms with van der Waals surface area (Å²) in [6, 6.07) is 22.0. The van der Waals surface area contributed by atoms with Gasteiger partial charge in [0.25, 0.3) is 5.56 Å². The van der Waals surface area contributed by atoms with Gasteiger partial charge in [0.1, 0.15) is 0 Å². The van der Waals surface area contributed by atoms with Crippen LogP contribution in [-0.4, -0.2) is 21.6 Å². The smallest absolute Gasteiger partial charge is 0.258 e. The van der Waals surface area contributed by atoms with E-state index >= 15 is 0 Å². The van der Waals surface area contributed by atoms with Crippen LogP contribution >= 0.6 is 23.2 Å². The molecular formula is C26H19Cl2N3O2. The summed E-state index contributed by atoms with van der Waals surface area (Å²) in [5.41, 5.74) is 3.74. The summed E-state index contributed by atoms with van der Waals surface area (Å²) in [4.78, 5) is 28.8. The fourth-order valence-electron chi connectivity index (χ4n) is 4.38. The maximum absolute atomic E-state index is 13.4. The van der Waals surface area contributed by atoms with E-state index in [0.717, 1.165) is 22.1 Å². The molecule has 0 radical (unpaired) electrons. The Morgan fingerprint density at radius 1 is 1.00 bits per heavy atom. The SMILES string of the molecule is CC(=O)N1N=C(c2c(-c3ccccc3)c3cc(Cl)ccc3[nH]c2=O)C[C@H]1c1ccccc1Cl. The largest absolute Gasteiger partial charge is 0.321 e. The molecule has 2 heterocycles. The first kappa shape index (κ1) is 21.4. The van der Waals surface area contributed by atoms with Gasteiger partial charge >= 0.3 is 0 Å². The van der Waals surface area contributed by atoms with Gasteiger partial charge in [0.05, 0.1) is 17.3 Å². The summed E-state index contributed by atoms with van der Waals surface area (Å²) < 4.78 is 0. The van der Waals surface area contributed by atoms with Gasteiger partial charge in [-0.25, -0.2) is 5.01 Å². The van der Waals surface area contributed by atoms with E-state index in [4.69, 9.17) is 23.2 Å². The maximum atomic E-state index is 13.4. The van der Waals surface area contributed by atoms with Crippen LogP contribution in [0.5, 0.6) is 0 Å². The molecule has 1 aromatic heterocycles. The minimum atomic E-state index is -0.399. The average Bonchev–Trinajstić information content (AvgIpc) is 3.24. The molecule has 0 saturated heterocycles. The zero-order valence-electron chi connectivity index (χ0n) is 17.7. The van der Waals surface area contributed by atoms with Gasteiger partial charge in [-0.2, -0.15) is 5.10 Å². The molecule has 164 valence electrons. The lowest BCUT2D eigenvalue weighted by Crippen LogP contribution is -2.24. The number of carbonyl (C=O) groups is 1. The number of rotatable bonds is 3. The van der Waals surface area contributed by atoms with Gasteiger partial charge in [0.2, 0.25) is 5.91 Å². The first-order chi connectivity index (χ1) is 15.9. The lowest BCUT2D eigenvalue weighted by atomic mass is 9.91. The summed E-state index contributed by atoms with van der Waals surface area (Å²) in [7, 11) is 0. The predicted molar refractivity (Wildman–Crippen MR) is 133 cm³/mol. The van der Waals surface area contributed by atoms with E-state index in [0.29, 0.717) is 33.3 Å². The first-order valence-electron chi connectivity index (χ1n) is 10.5. The van der Waals surface area contributed by atoms with E-state index < -0.39 is 6.04 Å². The van der Waals surface area contributed by atoms with E-state index in [-0.39, 0.29) is 11.5 Å². The lowest BCUT2D eigenvalue weighted by molar-refractivity contribution is -0.130. The molecule has 7 heteroatoms. The number of hydrazone groups is 1. The number of amides is 1. The zero-order chi connectivity index (χ0) is 23.1. The number of pyridine rings is 1. The number of carbonyl (C=O) groups excluding carboxylic acids is 1. The normalized spacial score (nSPS) is 15.7. The standard InChI is InChI=1S/C26H19Cl2N3O2/c1-15(32)31-23(18-9-5-6-10-20(18)28)14-22(30-31)25-24(16-7-3-2-4-8-16)19-13-17(27)11-12-21(19)29-26(25)33/h2-13,23H,14H2,1H3,(H,29,33)/t23-/m0/s1. The molecular weight excluding hydrogens is 457 g/mol. The van der Waals surface area contributed by atoms with Crippen molar-refractivity contribution in [3.05, 3.63) is 104 Å². The number of nitrogens with zero attached hydrogens (tertiary/aromatic N) is 2. The third kappa shape index (κ3) is 3.84. The van der Waals surface area contributed by atoms with Crippen molar-refractivity contribution in [3.63, 3.8) is 0 Å². The van der Waals surface area contributed by atoms with Crippen molar-refractivity contribution in [2.45, 2.75) is 19.4 Å². The fourth-order valence-corrected chi connectivity index (χ4v) is 4.82. The highest BCUT2D eigenvalue weighted by molar-refractivity contribution is 6.32. The summed E-state index contributed by atoms with van der Waals surface area (Å²) in [5.74, 6) is -0.226. The molecule has 33 heavy (non-hydrogen) atoms. The number of hydrogen-bond donors (Lipinski definition) is 1. The molecule has 0 fully saturated rings. The second-order valence-corrected chi connectivity index (χ2v) is 8.76. The van der Waals surface area contributed by atoms with Crippen LogP contribution in [0, 0.1) is 0 Å². The van der Waals surface area contributed by atoms with Crippen molar-refractivity contribution >= 4 is 45.7 Å². The van der Waals surface area contributed by atoms with Crippen molar-refractivity contribution in [3.8, 4) is 11.1 Å². The van der Waals surface area contributed by atoms with E-state index in [1.807, 2.05) is 54.6 Å². The van der Waals surface area contributed by atoms with E-state index in [1.54, 1.807) is 18.2 Å². The Hall–Kier alpha value is -3.41. The second kappa shape index (κ2) is 8.50. The van der Waals surface area contributed by atoms with E-state index in [2.05, 4.69) is 10.1 Å². The fraction of sp³-hybridized carbons (Fsp3) is 0.115. The number of nitrogens with one attached hydrogen (secondary N) is 1. The number of hydrogen-bond acceptors (Lipinski definition) is 3. The van der Waals surface area contributed by atoms with Gasteiger partial charge in [-0.05, 0) is 35.4 Å². The maximum Gasteiger partial charge on any atom is 0.258 e. The topological polar surface area (TPSA) is 65.5 Å². The molecule has 1 amide bonds. The lowest BCUT2D eigenvalue weighted by Gasteiger charge is -2.21. The Balaban J connectivity index is 1.76. The molecule has 4 aromatic rings. The Kier molecular flexibility index (Phi) is 5.52. The van der Waals surface area contributed by atoms with Crippen LogP contribution in [0.4, 0.5) is 0 Å². The third-order valence-electron chi connectivity index (χ3n) is 5.82. The van der Waals surface area contributed by atoms with E-state index in [1.165, 1.54) is 11.9 Å². The van der Waals surface area contributed by atoms with Crippen LogP contribution in [0.1, 0.15) is 30.5 Å². The van der Waals surface area contributed by atoms with Crippen LogP contribution in [0.2, 0.25) is 10.0 Å². The van der Waals surface area contributed by atoms with Crippen molar-refractivity contribution in [2.24, 2.45) is 5.10 Å². The summed E-state index contributed by atoms with van der Waals surface area (Å²) in [6.07, 6.45) is 0.359. The molecule has 0 bridgehead atoms. The highest BCUT2D eigenvalue weighted by Gasteiger charge is 2.35. The van der Waals surface area contributed by atoms with Crippen LogP contribution in [-0.2, 0) is 4.79 Å². The molecule has 5 rings (SSSR count). The summed E-state index contributed by atoms with van der Waals surface area (Å²) >= 11 is 12.8. The van der Waals surface area contributed by atoms with Gasteiger partial charge in [0, 0.05) is 39.9 Å². The molecule has 5 nitrogen and oxygen atoms in total. The Labute approximate surface area is 200 Å². The van der Waals surface area contributed by atoms with Crippen LogP contribution in [0.3, 0.4) is 0 Å². The molecule has 1 N–H and O–H groups in total. The van der Waals surface area contributed by atoms with Crippen molar-refractivity contribution < 1.29 is 4.79 Å². The van der Waals surface area contributed by atoms with Crippen molar-refractivity contribution in [2.75, 3.05) is 0 Å². The number of H-pyrrole nitrogens is 1. The van der Waals surface area contributed by atoms with Crippen LogP contribution < -0.4 is 5.56 Å². The van der Waals surface area contributed by atoms with Gasteiger partial charge in [0.15, 0.2) is 0 Å². The molecule has 0 unspecified atom stereocenters. The number of aromatic nitrogens is 1. The van der Waals surface area contributed by atoms with Crippen LogP contribution in [0.15, 0.2) is 82.7 Å². The summed E-state index contributed by atoms with van der Waals surface area (Å²) in [5, 5.41) is 7.95. The Morgan fingerprint density at radius 2 is 1.73 bits per heavy atom. The minimum absolute atomic E-state index is 0.226. The van der Waals surface area contributed by atoms with Crippen LogP contribution in [0.25, 0.3) is 22.0 Å². The minimum Gasteiger partial charge on any atom is -0.321 e. The quantitative estimate of drug-likeness (QED) is 0.383. The Bertz CT molecular complexity index is 1480. The Morgan fingerprint density at radius 3 is 2.45 bits per heavy atom. The van der Waals surface area contributed by atoms with Crippen molar-refractivity contribution in [1.29, 1.82) is 0 Å². The highest BCUT2D eigenvalue weighted by atomic mass is 35.5. The van der Waals surface area contributed by atoms with Gasteiger partial charge in [-0.1, -0.05) is 71.7 Å². The third-order valence-corrected chi connectivity index (χ3v) is 6.40. The summed E-state index contributed by atoms with van der Waals surface area (Å²) in [6.45, 7) is 1.46. The van der Waals surface area contributed by atoms with E-state index in [9.17, 15) is 9.59 Å². The molecule has 1 aliphatic heterocycles. The van der Waals surface area contributed by atoms with Crippen molar-refractivity contribution in [1.82, 2.24) is 9.99 Å². The molecule has 1 atom stereocenters. The van der Waals surface area contributed by atoms with Gasteiger partial charge < -0.3 is 4.98 Å². The molecule has 0 spiro atoms.